The molecule has 3 fully saturated rings. The molecule has 402 valence electrons. The summed E-state index contributed by atoms with van der Waals surface area (Å²) in [6.07, 6.45) is 5.35. The van der Waals surface area contributed by atoms with Crippen LogP contribution in [0.3, 0.4) is 0 Å². The second-order valence-corrected chi connectivity index (χ2v) is 20.3. The maximum atomic E-state index is 12.7. The summed E-state index contributed by atoms with van der Waals surface area (Å²) in [6, 6.07) is 8.20. The van der Waals surface area contributed by atoms with Crippen LogP contribution in [-0.2, 0) is 58.5 Å². The number of imidazole rings is 1. The van der Waals surface area contributed by atoms with Crippen LogP contribution in [0.4, 0.5) is 22.1 Å². The third-order valence-electron chi connectivity index (χ3n) is 9.66. The average molecular weight is 1270 g/mol. The first kappa shape index (κ1) is 62.9. The molecule has 0 bridgehead atoms. The zero-order chi connectivity index (χ0) is 53.5. The Hall–Kier alpha value is -4.41. The Bertz CT molecular complexity index is 2610. The van der Waals surface area contributed by atoms with Crippen molar-refractivity contribution in [2.75, 3.05) is 56.8 Å². The third-order valence-corrected chi connectivity index (χ3v) is 11.9. The molecule has 73 heavy (non-hydrogen) atoms. The first-order chi connectivity index (χ1) is 33.8. The molecule has 3 aliphatic heterocycles. The summed E-state index contributed by atoms with van der Waals surface area (Å²) in [4.78, 5) is 101. The monoisotopic (exact) mass is 1270 g/mol. The van der Waals surface area contributed by atoms with Gasteiger partial charge in [0.2, 0.25) is 0 Å². The summed E-state index contributed by atoms with van der Waals surface area (Å²) in [7, 11) is -3.05. The molecular weight excluding hydrogens is 1210 g/mol. The van der Waals surface area contributed by atoms with Crippen molar-refractivity contribution < 1.29 is 93.1 Å². The largest absolute Gasteiger partial charge is 0.540 e. The standard InChI is InChI=1S/C20H24N3O4S2.C10H14N5O6P.C9H14N3O5P.C2H6O.W/c1-20(2,3)27-18(26)21-14(12-24)11-23-17(25)16(29-19(23)28)10-13-6-8-15(9-7-13)22(4)5;11-8-7-9(13-3-12-8)15(4-14-7)10-6(16)1-5(21-10)2-20-22(17,18)19;10-7-3-4-12(9(13)11-7)8-2-1-6(17-8)5-16-18(14)15;1-2-3;/h6-10,14H,11H2,1-5H3,(H,21,26);3-6,10,16H,1-2H2,(H2,11,12,13)(H2,17,18,19);3-4,6,8,14-15H,1-2,5H2,(H2,10,11,13);3H,2H2,1H3;/q-1;;;;/b16-10+;;;;/t;5?,6-,10?;;;/m.1.../s1. The van der Waals surface area contributed by atoms with Crippen LogP contribution in [0.5, 0.6) is 0 Å². The molecule has 0 saturated carbocycles. The quantitative estimate of drug-likeness (QED) is 0.0376. The van der Waals surface area contributed by atoms with Gasteiger partial charge in [0.15, 0.2) is 17.7 Å². The summed E-state index contributed by atoms with van der Waals surface area (Å²) < 4.78 is 39.2. The molecule has 1 aromatic carbocycles. The predicted molar refractivity (Wildman–Crippen MR) is 268 cm³/mol. The van der Waals surface area contributed by atoms with Crippen molar-refractivity contribution >= 4 is 97.6 Å². The Morgan fingerprint density at radius 2 is 1.75 bits per heavy atom. The molecule has 3 aromatic heterocycles. The molecule has 3 saturated heterocycles. The fourth-order valence-corrected chi connectivity index (χ4v) is 8.49. The van der Waals surface area contributed by atoms with Crippen molar-refractivity contribution in [3.8, 4) is 0 Å². The van der Waals surface area contributed by atoms with Gasteiger partial charge in [-0.05, 0) is 76.4 Å². The first-order valence-electron chi connectivity index (χ1n) is 21.6. The molecule has 32 heteroatoms. The number of ether oxygens (including phenoxy) is 3. The van der Waals surface area contributed by atoms with Crippen molar-refractivity contribution in [2.24, 2.45) is 0 Å². The average Bonchev–Trinajstić information content (AvgIpc) is 4.09. The van der Waals surface area contributed by atoms with E-state index in [-0.39, 0.29) is 77.5 Å². The molecule has 27 nitrogen and oxygen atoms in total. The number of nitrogens with zero attached hydrogens (tertiary/aromatic N) is 8. The van der Waals surface area contributed by atoms with Crippen LogP contribution in [-0.4, -0.2) is 157 Å². The van der Waals surface area contributed by atoms with Crippen LogP contribution in [0.25, 0.3) is 17.2 Å². The van der Waals surface area contributed by atoms with Crippen LogP contribution in [0.1, 0.15) is 65.0 Å². The topological polar surface area (TPSA) is 385 Å². The third kappa shape index (κ3) is 20.0. The molecule has 5 unspecified atom stereocenters. The Morgan fingerprint density at radius 3 is 2.34 bits per heavy atom. The Kier molecular flexibility index (Phi) is 25.0. The summed E-state index contributed by atoms with van der Waals surface area (Å²) >= 11 is 6.43. The number of thioether (sulfide) groups is 1. The van der Waals surface area contributed by atoms with Gasteiger partial charge in [-0.3, -0.25) is 23.4 Å². The molecule has 0 spiro atoms. The number of amides is 2. The number of hydrogen-bond acceptors (Lipinski definition) is 23. The number of carbonyl (C=O) groups excluding carboxylic acids is 3. The number of anilines is 3. The van der Waals surface area contributed by atoms with Crippen LogP contribution in [0.2, 0.25) is 0 Å². The van der Waals surface area contributed by atoms with Crippen molar-refractivity contribution in [3.63, 3.8) is 0 Å². The fraction of sp³-hybridized carbons (Fsp3) is 0.488. The smallest absolute Gasteiger partial charge is 0.469 e. The van der Waals surface area contributed by atoms with Crippen molar-refractivity contribution in [3.05, 3.63) is 70.1 Å². The predicted octanol–water partition coefficient (Wildman–Crippen LogP) is 1.85. The van der Waals surface area contributed by atoms with Gasteiger partial charge < -0.3 is 75.0 Å². The molecular formula is C41H58N11O16P2S2W-. The normalized spacial score (nSPS) is 20.5. The number of aromatic nitrogens is 6. The van der Waals surface area contributed by atoms with E-state index in [1.54, 1.807) is 40.1 Å². The van der Waals surface area contributed by atoms with Crippen LogP contribution in [0.15, 0.2) is 58.9 Å². The summed E-state index contributed by atoms with van der Waals surface area (Å²) in [6.45, 7) is 6.72. The molecule has 2 amide bonds. The molecule has 0 radical (unpaired) electrons. The summed E-state index contributed by atoms with van der Waals surface area (Å²) in [5, 5.41) is 20.1. The number of phosphoric ester groups is 1. The number of hydrogen-bond donors (Lipinski definition) is 9. The zero-order valence-electron chi connectivity index (χ0n) is 40.2. The SMILES string of the molecule is CCO.CN(C)c1ccc(/C=C2/SC(=S)N(CC([C-]=O)NC(=O)OC(C)(C)C)C2=O)cc1.Nc1ccn(C2CCC(COP(O)O)O2)c(=O)n1.Nc1ncnc2c1ncn2C1OC(COP(=O)(O)O)C[C@H]1O.[W]. The number of nitrogens with one attached hydrogen (secondary N) is 1. The Morgan fingerprint density at radius 1 is 1.08 bits per heavy atom. The second-order valence-electron chi connectivity index (χ2n) is 16.6. The van der Waals surface area contributed by atoms with E-state index in [4.69, 9.17) is 62.6 Å². The van der Waals surface area contributed by atoms with E-state index >= 15 is 0 Å². The van der Waals surface area contributed by atoms with E-state index in [0.717, 1.165) is 23.0 Å². The Labute approximate surface area is 444 Å². The molecule has 0 aliphatic carbocycles. The van der Waals surface area contributed by atoms with E-state index in [2.05, 4.69) is 34.3 Å². The number of nitrogen functional groups attached to an aromatic ring is 2. The minimum atomic E-state index is -4.58. The summed E-state index contributed by atoms with van der Waals surface area (Å²) in [5.74, 6) is 0.0564. The van der Waals surface area contributed by atoms with Gasteiger partial charge in [0.25, 0.3) is 5.91 Å². The Balaban J connectivity index is 0.000000286. The van der Waals surface area contributed by atoms with E-state index in [1.165, 1.54) is 39.0 Å². The molecule has 6 heterocycles. The van der Waals surface area contributed by atoms with Crippen molar-refractivity contribution in [1.29, 1.82) is 0 Å². The molecule has 7 rings (SSSR count). The fourth-order valence-electron chi connectivity index (χ4n) is 6.55. The number of alkyl carbamates (subject to hydrolysis) is 1. The van der Waals surface area contributed by atoms with Crippen LogP contribution < -0.4 is 27.4 Å². The van der Waals surface area contributed by atoms with Gasteiger partial charge in [-0.2, -0.15) is 4.98 Å². The number of aliphatic hydroxyl groups excluding tert-OH is 2. The number of carbonyl (C=O) groups is 2. The van der Waals surface area contributed by atoms with Crippen molar-refractivity contribution in [1.82, 2.24) is 39.3 Å². The maximum Gasteiger partial charge on any atom is 0.469 e. The van der Waals surface area contributed by atoms with Crippen LogP contribution >= 0.6 is 40.4 Å². The van der Waals surface area contributed by atoms with Gasteiger partial charge in [0.05, 0.1) is 36.7 Å². The van der Waals surface area contributed by atoms with Crippen molar-refractivity contribution in [2.45, 2.75) is 89.4 Å². The number of benzene rings is 1. The number of phosphoric acid groups is 1. The number of nitrogens with two attached hydrogens (primary N) is 2. The van der Waals surface area contributed by atoms with Crippen LogP contribution in [0, 0.1) is 0 Å². The molecule has 3 aliphatic rings. The number of fused-ring (bicyclic) bond motifs is 1. The molecule has 4 aromatic rings. The van der Waals surface area contributed by atoms with Gasteiger partial charge in [-0.15, -0.1) is 0 Å². The minimum absolute atomic E-state index is 0. The zero-order valence-corrected chi connectivity index (χ0v) is 46.6. The maximum absolute atomic E-state index is 12.7. The van der Waals surface area contributed by atoms with Gasteiger partial charge in [0.1, 0.15) is 39.9 Å². The second kappa shape index (κ2) is 29.0. The minimum Gasteiger partial charge on any atom is -0.540 e. The van der Waals surface area contributed by atoms with Gasteiger partial charge in [0, 0.05) is 66.6 Å². The molecule has 6 atom stereocenters. The summed E-state index contributed by atoms with van der Waals surface area (Å²) in [5.41, 5.74) is 12.6. The van der Waals surface area contributed by atoms with Gasteiger partial charge >= 0.3 is 28.2 Å². The first-order valence-corrected chi connectivity index (χ1v) is 25.5. The number of rotatable bonds is 14. The van der Waals surface area contributed by atoms with Gasteiger partial charge in [-0.25, -0.2) is 35.4 Å². The van der Waals surface area contributed by atoms with E-state index in [1.807, 2.05) is 43.3 Å². The number of thiocarbonyl (C=S) groups is 1. The number of aliphatic hydroxyl groups is 2. The van der Waals surface area contributed by atoms with E-state index < -0.39 is 64.5 Å². The van der Waals surface area contributed by atoms with Gasteiger partial charge in [-0.1, -0.05) is 36.1 Å². The van der Waals surface area contributed by atoms with E-state index in [0.29, 0.717) is 33.2 Å². The van der Waals surface area contributed by atoms with E-state index in [9.17, 15) is 28.8 Å². The molecule has 11 N–H and O–H groups in total.